The quantitative estimate of drug-likeness (QED) is 0.344. The predicted molar refractivity (Wildman–Crippen MR) is 152 cm³/mol. The number of para-hydroxylation sites is 1. The van der Waals surface area contributed by atoms with Gasteiger partial charge >= 0.3 is 0 Å². The highest BCUT2D eigenvalue weighted by atomic mass is 32.2. The van der Waals surface area contributed by atoms with E-state index in [-0.39, 0.29) is 5.91 Å². The van der Waals surface area contributed by atoms with Gasteiger partial charge in [0.2, 0.25) is 0 Å². The number of hydrogen-bond acceptors (Lipinski definition) is 5. The van der Waals surface area contributed by atoms with Crippen LogP contribution in [0.1, 0.15) is 29.3 Å². The predicted octanol–water partition coefficient (Wildman–Crippen LogP) is 5.12. The van der Waals surface area contributed by atoms with Crippen molar-refractivity contribution in [2.45, 2.75) is 24.8 Å². The van der Waals surface area contributed by atoms with Crippen LogP contribution in [0.4, 0.5) is 5.69 Å². The highest BCUT2D eigenvalue weighted by Crippen LogP contribution is 2.22. The highest BCUT2D eigenvalue weighted by molar-refractivity contribution is 7.86. The Hall–Kier alpha value is -3.75. The summed E-state index contributed by atoms with van der Waals surface area (Å²) in [5.74, 6) is 0.917. The van der Waals surface area contributed by atoms with E-state index in [0.29, 0.717) is 34.8 Å². The Morgan fingerprint density at radius 3 is 2.53 bits per heavy atom. The van der Waals surface area contributed by atoms with E-state index in [1.807, 2.05) is 54.3 Å². The van der Waals surface area contributed by atoms with E-state index >= 15 is 0 Å². The minimum absolute atomic E-state index is 0.0267. The average Bonchev–Trinajstić information content (AvgIpc) is 3.19. The number of ether oxygens (including phenoxy) is 1. The number of pyridine rings is 1. The summed E-state index contributed by atoms with van der Waals surface area (Å²) in [4.78, 5) is 22.6. The van der Waals surface area contributed by atoms with Crippen LogP contribution in [-0.4, -0.2) is 57.7 Å². The summed E-state index contributed by atoms with van der Waals surface area (Å²) in [6, 6.07) is 24.9. The van der Waals surface area contributed by atoms with E-state index in [2.05, 4.69) is 26.7 Å². The molecule has 0 aliphatic carbocycles. The maximum atomic E-state index is 13.2. The van der Waals surface area contributed by atoms with Gasteiger partial charge in [-0.3, -0.25) is 14.7 Å². The molecule has 0 spiro atoms. The summed E-state index contributed by atoms with van der Waals surface area (Å²) in [7, 11) is -1.48. The number of carbonyl (C=O) groups excluding carboxylic acids is 1. The normalized spacial score (nSPS) is 15.1. The van der Waals surface area contributed by atoms with Crippen LogP contribution in [0, 0.1) is 0 Å². The third kappa shape index (κ3) is 6.20. The van der Waals surface area contributed by atoms with E-state index in [1.165, 1.54) is 5.56 Å². The lowest BCUT2D eigenvalue weighted by molar-refractivity contribution is 0.0761. The summed E-state index contributed by atoms with van der Waals surface area (Å²) in [6.45, 7) is 6.71. The molecule has 1 atom stereocenters. The van der Waals surface area contributed by atoms with Gasteiger partial charge < -0.3 is 14.4 Å². The largest absolute Gasteiger partial charge is 0.494 e. The Morgan fingerprint density at radius 1 is 0.947 bits per heavy atom. The zero-order valence-corrected chi connectivity index (χ0v) is 22.3. The fraction of sp³-hybridized carbons (Fsp3) is 0.267. The summed E-state index contributed by atoms with van der Waals surface area (Å²) in [5.41, 5.74) is 3.27. The third-order valence-electron chi connectivity index (χ3n) is 6.65. The molecule has 1 aliphatic heterocycles. The van der Waals surface area contributed by atoms with Gasteiger partial charge in [-0.25, -0.2) is 4.21 Å². The molecule has 1 saturated heterocycles. The Kier molecular flexibility index (Phi) is 8.31. The Morgan fingerprint density at radius 2 is 1.74 bits per heavy atom. The molecule has 1 aliphatic rings. The second kappa shape index (κ2) is 12.2. The van der Waals surface area contributed by atoms with Crippen LogP contribution in [-0.2, 0) is 17.5 Å². The van der Waals surface area contributed by atoms with Crippen LogP contribution in [0.25, 0.3) is 10.9 Å². The first-order chi connectivity index (χ1) is 18.6. The molecule has 2 heterocycles. The van der Waals surface area contributed by atoms with E-state index in [1.54, 1.807) is 30.5 Å². The van der Waals surface area contributed by atoms with Gasteiger partial charge in [-0.05, 0) is 67.4 Å². The fourth-order valence-corrected chi connectivity index (χ4v) is 5.71. The van der Waals surface area contributed by atoms with Crippen molar-refractivity contribution < 1.29 is 13.7 Å². The van der Waals surface area contributed by atoms with Crippen molar-refractivity contribution in [3.8, 4) is 5.75 Å². The minimum atomic E-state index is -1.48. The lowest BCUT2D eigenvalue weighted by Crippen LogP contribution is -2.35. The molecule has 196 valence electrons. The Balaban J connectivity index is 1.17. The zero-order chi connectivity index (χ0) is 26.3. The van der Waals surface area contributed by atoms with E-state index in [9.17, 15) is 9.00 Å². The number of nitrogens with zero attached hydrogens (tertiary/aromatic N) is 3. The molecule has 8 heteroatoms. The van der Waals surface area contributed by atoms with Gasteiger partial charge in [0.25, 0.3) is 5.91 Å². The van der Waals surface area contributed by atoms with Gasteiger partial charge in [-0.15, -0.1) is 0 Å². The molecule has 1 fully saturated rings. The number of anilines is 1. The van der Waals surface area contributed by atoms with Gasteiger partial charge in [-0.2, -0.15) is 0 Å². The summed E-state index contributed by atoms with van der Waals surface area (Å²) in [5, 5.41) is 0.941. The lowest BCUT2D eigenvalue weighted by atomic mass is 10.2. The van der Waals surface area contributed by atoms with Crippen molar-refractivity contribution >= 4 is 33.5 Å². The molecule has 0 radical (unpaired) electrons. The minimum Gasteiger partial charge on any atom is -0.494 e. The van der Waals surface area contributed by atoms with Crippen molar-refractivity contribution in [1.29, 1.82) is 0 Å². The molecule has 7 nitrogen and oxygen atoms in total. The second-order valence-electron chi connectivity index (χ2n) is 9.28. The number of carbonyl (C=O) groups is 1. The molecule has 3 aromatic carbocycles. The number of rotatable bonds is 8. The van der Waals surface area contributed by atoms with Crippen molar-refractivity contribution in [3.63, 3.8) is 0 Å². The van der Waals surface area contributed by atoms with Gasteiger partial charge in [0.15, 0.2) is 11.0 Å². The number of aromatic nitrogens is 1. The number of amides is 1. The molecule has 1 unspecified atom stereocenters. The summed E-state index contributed by atoms with van der Waals surface area (Å²) < 4.78 is 21.6. The number of nitrogens with one attached hydrogen (secondary N) is 1. The maximum absolute atomic E-state index is 13.2. The van der Waals surface area contributed by atoms with Crippen LogP contribution in [0.2, 0.25) is 0 Å². The molecule has 1 N–H and O–H groups in total. The first-order valence-electron chi connectivity index (χ1n) is 13.0. The van der Waals surface area contributed by atoms with Gasteiger partial charge in [0.1, 0.15) is 5.75 Å². The molecule has 0 bridgehead atoms. The van der Waals surface area contributed by atoms with Crippen LogP contribution < -0.4 is 9.46 Å². The van der Waals surface area contributed by atoms with Gasteiger partial charge in [0.05, 0.1) is 17.0 Å². The second-order valence-corrected chi connectivity index (χ2v) is 10.5. The Labute approximate surface area is 226 Å². The molecule has 1 amide bonds. The van der Waals surface area contributed by atoms with Crippen molar-refractivity contribution in [2.24, 2.45) is 0 Å². The number of hydrogen-bond donors (Lipinski definition) is 1. The zero-order valence-electron chi connectivity index (χ0n) is 21.5. The molecule has 1 aromatic heterocycles. The summed E-state index contributed by atoms with van der Waals surface area (Å²) >= 11 is 0. The standard InChI is InChI=1S/C30H32N4O3S/c1-2-37-27-15-9-23(10-16-27)22-33-18-5-19-34(21-20-33)30(35)25-11-13-26(14-12-25)32-38(36)28-8-3-6-24-7-4-17-31-29(24)28/h3-4,6-17,32H,2,5,18-22H2,1H3. The first kappa shape index (κ1) is 25.9. The Bertz CT molecular complexity index is 1400. The fourth-order valence-electron chi connectivity index (χ4n) is 4.70. The highest BCUT2D eigenvalue weighted by Gasteiger charge is 2.20. The number of fused-ring (bicyclic) bond motifs is 1. The SMILES string of the molecule is CCOc1ccc(CN2CCCN(C(=O)c3ccc(NS(=O)c4cccc5cccnc45)cc3)CC2)cc1. The molecular formula is C30H32N4O3S. The molecule has 5 rings (SSSR count). The molecular weight excluding hydrogens is 496 g/mol. The van der Waals surface area contributed by atoms with Crippen molar-refractivity contribution in [2.75, 3.05) is 37.5 Å². The number of benzene rings is 3. The van der Waals surface area contributed by atoms with E-state index in [4.69, 9.17) is 4.74 Å². The molecule has 0 saturated carbocycles. The topological polar surface area (TPSA) is 74.8 Å². The first-order valence-corrected chi connectivity index (χ1v) is 14.1. The monoisotopic (exact) mass is 528 g/mol. The van der Waals surface area contributed by atoms with E-state index in [0.717, 1.165) is 43.7 Å². The lowest BCUT2D eigenvalue weighted by Gasteiger charge is -2.22. The summed E-state index contributed by atoms with van der Waals surface area (Å²) in [6.07, 6.45) is 2.63. The van der Waals surface area contributed by atoms with Gasteiger partial charge in [-0.1, -0.05) is 30.3 Å². The van der Waals surface area contributed by atoms with E-state index < -0.39 is 11.0 Å². The van der Waals surface area contributed by atoms with Crippen LogP contribution in [0.5, 0.6) is 5.75 Å². The average molecular weight is 529 g/mol. The van der Waals surface area contributed by atoms with Crippen LogP contribution >= 0.6 is 0 Å². The van der Waals surface area contributed by atoms with Crippen LogP contribution in [0.15, 0.2) is 90.0 Å². The smallest absolute Gasteiger partial charge is 0.253 e. The van der Waals surface area contributed by atoms with Crippen molar-refractivity contribution in [1.82, 2.24) is 14.8 Å². The maximum Gasteiger partial charge on any atom is 0.253 e. The third-order valence-corrected chi connectivity index (χ3v) is 7.80. The molecule has 4 aromatic rings. The van der Waals surface area contributed by atoms with Crippen molar-refractivity contribution in [3.05, 3.63) is 96.2 Å². The molecule has 38 heavy (non-hydrogen) atoms. The van der Waals surface area contributed by atoms with Gasteiger partial charge in [0, 0.05) is 55.6 Å². The van der Waals surface area contributed by atoms with Crippen LogP contribution in [0.3, 0.4) is 0 Å².